The standard InChI is InChI=1S/C18H18FN3O2S/c19-14-3-1-2-4-15(14)21-7-9-22(10-8-21)18(25)20-13-5-6-16-17(11-13)24-12-23-16/h1-6,11H,7-10,12H2,(H,20,25). The van der Waals surface area contributed by atoms with Crippen molar-refractivity contribution in [3.8, 4) is 11.5 Å². The molecule has 2 aliphatic heterocycles. The van der Waals surface area contributed by atoms with E-state index in [1.807, 2.05) is 30.3 Å². The van der Waals surface area contributed by atoms with Crippen LogP contribution in [-0.2, 0) is 0 Å². The summed E-state index contributed by atoms with van der Waals surface area (Å²) in [5, 5.41) is 3.90. The second-order valence-electron chi connectivity index (χ2n) is 5.92. The molecular formula is C18H18FN3O2S. The molecule has 1 fully saturated rings. The Labute approximate surface area is 150 Å². The molecule has 0 aromatic heterocycles. The molecule has 0 aliphatic carbocycles. The second kappa shape index (κ2) is 6.76. The molecule has 0 atom stereocenters. The lowest BCUT2D eigenvalue weighted by atomic mass is 10.2. The van der Waals surface area contributed by atoms with Crippen LogP contribution < -0.4 is 19.7 Å². The maximum atomic E-state index is 13.9. The molecule has 0 radical (unpaired) electrons. The number of rotatable bonds is 2. The summed E-state index contributed by atoms with van der Waals surface area (Å²) in [4.78, 5) is 4.15. The summed E-state index contributed by atoms with van der Waals surface area (Å²) in [6.07, 6.45) is 0. The first-order valence-electron chi connectivity index (χ1n) is 8.16. The Morgan fingerprint density at radius 2 is 1.76 bits per heavy atom. The maximum absolute atomic E-state index is 13.9. The highest BCUT2D eigenvalue weighted by molar-refractivity contribution is 7.80. The number of hydrogen-bond acceptors (Lipinski definition) is 4. The van der Waals surface area contributed by atoms with Gasteiger partial charge in [-0.2, -0.15) is 0 Å². The zero-order chi connectivity index (χ0) is 17.2. The second-order valence-corrected chi connectivity index (χ2v) is 6.31. The normalized spacial score (nSPS) is 16.0. The minimum absolute atomic E-state index is 0.183. The number of fused-ring (bicyclic) bond motifs is 1. The Bertz CT molecular complexity index is 794. The van der Waals surface area contributed by atoms with Crippen LogP contribution in [0.1, 0.15) is 0 Å². The molecule has 0 amide bonds. The van der Waals surface area contributed by atoms with Crippen molar-refractivity contribution < 1.29 is 13.9 Å². The predicted molar refractivity (Wildman–Crippen MR) is 99.0 cm³/mol. The molecular weight excluding hydrogens is 341 g/mol. The van der Waals surface area contributed by atoms with E-state index in [2.05, 4.69) is 15.1 Å². The zero-order valence-electron chi connectivity index (χ0n) is 13.6. The molecule has 5 nitrogen and oxygen atoms in total. The minimum atomic E-state index is -0.183. The number of para-hydroxylation sites is 1. The van der Waals surface area contributed by atoms with Crippen molar-refractivity contribution in [3.05, 3.63) is 48.3 Å². The highest BCUT2D eigenvalue weighted by atomic mass is 32.1. The summed E-state index contributed by atoms with van der Waals surface area (Å²) >= 11 is 5.52. The van der Waals surface area contributed by atoms with Gasteiger partial charge in [0.15, 0.2) is 16.6 Å². The van der Waals surface area contributed by atoms with Gasteiger partial charge in [-0.3, -0.25) is 0 Å². The quantitative estimate of drug-likeness (QED) is 0.831. The first kappa shape index (κ1) is 16.0. The van der Waals surface area contributed by atoms with Crippen LogP contribution in [0.15, 0.2) is 42.5 Å². The Morgan fingerprint density at radius 1 is 1.00 bits per heavy atom. The van der Waals surface area contributed by atoms with Gasteiger partial charge in [-0.15, -0.1) is 0 Å². The van der Waals surface area contributed by atoms with Gasteiger partial charge in [-0.05, 0) is 36.5 Å². The van der Waals surface area contributed by atoms with E-state index in [1.165, 1.54) is 6.07 Å². The lowest BCUT2D eigenvalue weighted by Gasteiger charge is -2.37. The van der Waals surface area contributed by atoms with Crippen LogP contribution in [0.4, 0.5) is 15.8 Å². The number of nitrogens with one attached hydrogen (secondary N) is 1. The average molecular weight is 359 g/mol. The third kappa shape index (κ3) is 3.32. The van der Waals surface area contributed by atoms with Crippen LogP contribution in [0, 0.1) is 5.82 Å². The van der Waals surface area contributed by atoms with E-state index in [9.17, 15) is 4.39 Å². The lowest BCUT2D eigenvalue weighted by molar-refractivity contribution is 0.174. The number of hydrogen-bond donors (Lipinski definition) is 1. The van der Waals surface area contributed by atoms with Gasteiger partial charge in [-0.25, -0.2) is 4.39 Å². The summed E-state index contributed by atoms with van der Waals surface area (Å²) in [5.41, 5.74) is 1.52. The van der Waals surface area contributed by atoms with Crippen molar-refractivity contribution in [1.29, 1.82) is 0 Å². The highest BCUT2D eigenvalue weighted by Gasteiger charge is 2.21. The number of benzene rings is 2. The van der Waals surface area contributed by atoms with Crippen molar-refractivity contribution in [3.63, 3.8) is 0 Å². The zero-order valence-corrected chi connectivity index (χ0v) is 14.4. The van der Waals surface area contributed by atoms with E-state index < -0.39 is 0 Å². The summed E-state index contributed by atoms with van der Waals surface area (Å²) in [7, 11) is 0. The Morgan fingerprint density at radius 3 is 2.56 bits per heavy atom. The van der Waals surface area contributed by atoms with Gasteiger partial charge < -0.3 is 24.6 Å². The minimum Gasteiger partial charge on any atom is -0.454 e. The van der Waals surface area contributed by atoms with Crippen molar-refractivity contribution in [2.75, 3.05) is 43.2 Å². The highest BCUT2D eigenvalue weighted by Crippen LogP contribution is 2.34. The summed E-state index contributed by atoms with van der Waals surface area (Å²) < 4.78 is 24.6. The van der Waals surface area contributed by atoms with E-state index in [-0.39, 0.29) is 12.6 Å². The molecule has 0 spiro atoms. The van der Waals surface area contributed by atoms with Crippen molar-refractivity contribution >= 4 is 28.7 Å². The Balaban J connectivity index is 1.36. The molecule has 0 saturated carbocycles. The van der Waals surface area contributed by atoms with Crippen molar-refractivity contribution in [2.45, 2.75) is 0 Å². The van der Waals surface area contributed by atoms with Crippen LogP contribution in [0.25, 0.3) is 0 Å². The van der Waals surface area contributed by atoms with Gasteiger partial charge in [0.05, 0.1) is 5.69 Å². The van der Waals surface area contributed by atoms with Crippen molar-refractivity contribution in [1.82, 2.24) is 4.90 Å². The largest absolute Gasteiger partial charge is 0.454 e. The van der Waals surface area contributed by atoms with Gasteiger partial charge >= 0.3 is 0 Å². The monoisotopic (exact) mass is 359 g/mol. The van der Waals surface area contributed by atoms with Gasteiger partial charge in [0.25, 0.3) is 0 Å². The molecule has 2 aromatic rings. The topological polar surface area (TPSA) is 37.0 Å². The lowest BCUT2D eigenvalue weighted by Crippen LogP contribution is -2.50. The first-order valence-corrected chi connectivity index (χ1v) is 8.56. The number of halogens is 1. The molecule has 4 rings (SSSR count). The van der Waals surface area contributed by atoms with Gasteiger partial charge in [0, 0.05) is 37.9 Å². The number of thiocarbonyl (C=S) groups is 1. The predicted octanol–water partition coefficient (Wildman–Crippen LogP) is 3.07. The number of nitrogens with zero attached hydrogens (tertiary/aromatic N) is 2. The number of piperazine rings is 1. The van der Waals surface area contributed by atoms with E-state index in [4.69, 9.17) is 21.7 Å². The van der Waals surface area contributed by atoms with Gasteiger partial charge in [0.1, 0.15) is 5.82 Å². The van der Waals surface area contributed by atoms with E-state index in [1.54, 1.807) is 6.07 Å². The van der Waals surface area contributed by atoms with E-state index in [0.29, 0.717) is 10.8 Å². The maximum Gasteiger partial charge on any atom is 0.231 e. The van der Waals surface area contributed by atoms with Crippen LogP contribution in [-0.4, -0.2) is 43.0 Å². The van der Waals surface area contributed by atoms with Crippen LogP contribution >= 0.6 is 12.2 Å². The molecule has 0 bridgehead atoms. The SMILES string of the molecule is Fc1ccccc1N1CCN(C(=S)Nc2ccc3c(c2)OCO3)CC1. The number of ether oxygens (including phenoxy) is 2. The Kier molecular flexibility index (Phi) is 4.31. The molecule has 2 heterocycles. The molecule has 0 unspecified atom stereocenters. The van der Waals surface area contributed by atoms with Gasteiger partial charge in [0.2, 0.25) is 6.79 Å². The van der Waals surface area contributed by atoms with Crippen LogP contribution in [0.5, 0.6) is 11.5 Å². The van der Waals surface area contributed by atoms with Crippen LogP contribution in [0.2, 0.25) is 0 Å². The number of anilines is 2. The molecule has 7 heteroatoms. The molecule has 2 aromatic carbocycles. The first-order chi connectivity index (χ1) is 12.2. The van der Waals surface area contributed by atoms with E-state index in [0.717, 1.165) is 43.4 Å². The summed E-state index contributed by atoms with van der Waals surface area (Å²) in [6.45, 7) is 3.18. The summed E-state index contributed by atoms with van der Waals surface area (Å²) in [5.74, 6) is 1.28. The molecule has 130 valence electrons. The van der Waals surface area contributed by atoms with Crippen molar-refractivity contribution in [2.24, 2.45) is 0 Å². The average Bonchev–Trinajstić information content (AvgIpc) is 3.10. The molecule has 25 heavy (non-hydrogen) atoms. The third-order valence-electron chi connectivity index (χ3n) is 4.38. The van der Waals surface area contributed by atoms with Crippen LogP contribution in [0.3, 0.4) is 0 Å². The molecule has 2 aliphatic rings. The van der Waals surface area contributed by atoms with E-state index >= 15 is 0 Å². The Hall–Kier alpha value is -2.54. The fourth-order valence-corrected chi connectivity index (χ4v) is 3.34. The smallest absolute Gasteiger partial charge is 0.231 e. The molecule has 1 N–H and O–H groups in total. The summed E-state index contributed by atoms with van der Waals surface area (Å²) in [6, 6.07) is 12.5. The van der Waals surface area contributed by atoms with Gasteiger partial charge in [-0.1, -0.05) is 12.1 Å². The third-order valence-corrected chi connectivity index (χ3v) is 4.74. The fourth-order valence-electron chi connectivity index (χ4n) is 3.04. The fraction of sp³-hybridized carbons (Fsp3) is 0.278. The molecule has 1 saturated heterocycles.